The van der Waals surface area contributed by atoms with Crippen LogP contribution in [0.3, 0.4) is 0 Å². The Labute approximate surface area is 172 Å². The second-order valence-electron chi connectivity index (χ2n) is 6.21. The molecule has 1 heterocycles. The molecule has 0 spiro atoms. The van der Waals surface area contributed by atoms with Gasteiger partial charge in [-0.2, -0.15) is 0 Å². The number of non-ortho nitro benzene ring substituents is 1. The van der Waals surface area contributed by atoms with Crippen molar-refractivity contribution in [2.75, 3.05) is 12.3 Å². The number of amides is 1. The van der Waals surface area contributed by atoms with Crippen LogP contribution in [0.15, 0.2) is 53.5 Å². The van der Waals surface area contributed by atoms with Crippen LogP contribution in [0.2, 0.25) is 5.02 Å². The number of amidine groups is 1. The molecular formula is C20H18ClN3O3S. The highest BCUT2D eigenvalue weighted by Crippen LogP contribution is 2.26. The van der Waals surface area contributed by atoms with Crippen molar-refractivity contribution in [3.05, 3.63) is 74.8 Å². The SMILES string of the molecule is Cc1ccc(N=C2SCCCN2C(=O)C=Cc2cccc([N+](=O)[O-])c2)cc1Cl. The Morgan fingerprint density at radius 3 is 2.89 bits per heavy atom. The lowest BCUT2D eigenvalue weighted by molar-refractivity contribution is -0.384. The summed E-state index contributed by atoms with van der Waals surface area (Å²) in [6.45, 7) is 2.49. The summed E-state index contributed by atoms with van der Waals surface area (Å²) in [5.74, 6) is 0.673. The van der Waals surface area contributed by atoms with E-state index in [4.69, 9.17) is 11.6 Å². The molecule has 1 fully saturated rings. The number of hydrogen-bond donors (Lipinski definition) is 0. The highest BCUT2D eigenvalue weighted by atomic mass is 35.5. The van der Waals surface area contributed by atoms with E-state index in [0.717, 1.165) is 17.7 Å². The average molecular weight is 416 g/mol. The molecule has 0 aliphatic carbocycles. The Morgan fingerprint density at radius 1 is 1.32 bits per heavy atom. The molecule has 0 atom stereocenters. The van der Waals surface area contributed by atoms with E-state index < -0.39 is 4.92 Å². The van der Waals surface area contributed by atoms with Crippen LogP contribution in [0.25, 0.3) is 6.08 Å². The third-order valence-corrected chi connectivity index (χ3v) is 5.60. The van der Waals surface area contributed by atoms with Crippen molar-refractivity contribution in [2.24, 2.45) is 4.99 Å². The molecule has 0 aromatic heterocycles. The van der Waals surface area contributed by atoms with Crippen molar-refractivity contribution in [2.45, 2.75) is 13.3 Å². The number of aliphatic imine (C=N–C) groups is 1. The van der Waals surface area contributed by atoms with E-state index in [2.05, 4.69) is 4.99 Å². The summed E-state index contributed by atoms with van der Waals surface area (Å²) in [5.41, 5.74) is 2.24. The maximum Gasteiger partial charge on any atom is 0.270 e. The van der Waals surface area contributed by atoms with Gasteiger partial charge >= 0.3 is 0 Å². The Kier molecular flexibility index (Phi) is 6.49. The van der Waals surface area contributed by atoms with Crippen LogP contribution in [0, 0.1) is 17.0 Å². The number of carbonyl (C=O) groups excluding carboxylic acids is 1. The van der Waals surface area contributed by atoms with Gasteiger partial charge in [0, 0.05) is 35.5 Å². The molecule has 2 aromatic rings. The van der Waals surface area contributed by atoms with Crippen LogP contribution in [0.4, 0.5) is 11.4 Å². The maximum atomic E-state index is 12.7. The fourth-order valence-electron chi connectivity index (χ4n) is 2.62. The fraction of sp³-hybridized carbons (Fsp3) is 0.200. The van der Waals surface area contributed by atoms with Gasteiger partial charge in [0.1, 0.15) is 0 Å². The molecular weight excluding hydrogens is 398 g/mol. The minimum Gasteiger partial charge on any atom is -0.288 e. The van der Waals surface area contributed by atoms with Gasteiger partial charge < -0.3 is 0 Å². The van der Waals surface area contributed by atoms with Gasteiger partial charge in [-0.05, 0) is 42.7 Å². The van der Waals surface area contributed by atoms with Gasteiger partial charge in [0.2, 0.25) is 0 Å². The molecule has 1 amide bonds. The van der Waals surface area contributed by atoms with Gasteiger partial charge in [0.05, 0.1) is 10.6 Å². The van der Waals surface area contributed by atoms with Crippen molar-refractivity contribution >= 4 is 51.9 Å². The molecule has 1 saturated heterocycles. The molecule has 28 heavy (non-hydrogen) atoms. The first-order chi connectivity index (χ1) is 13.4. The quantitative estimate of drug-likeness (QED) is 0.389. The van der Waals surface area contributed by atoms with E-state index >= 15 is 0 Å². The molecule has 0 unspecified atom stereocenters. The predicted octanol–water partition coefficient (Wildman–Crippen LogP) is 5.22. The second kappa shape index (κ2) is 9.03. The lowest BCUT2D eigenvalue weighted by atomic mass is 10.2. The van der Waals surface area contributed by atoms with Crippen molar-refractivity contribution in [1.82, 2.24) is 4.90 Å². The summed E-state index contributed by atoms with van der Waals surface area (Å²) in [6, 6.07) is 11.7. The predicted molar refractivity (Wildman–Crippen MR) is 114 cm³/mol. The zero-order valence-electron chi connectivity index (χ0n) is 15.2. The summed E-state index contributed by atoms with van der Waals surface area (Å²) in [6.07, 6.45) is 3.87. The van der Waals surface area contributed by atoms with Gasteiger partial charge in [0.25, 0.3) is 11.6 Å². The van der Waals surface area contributed by atoms with Crippen LogP contribution in [-0.2, 0) is 4.79 Å². The molecule has 0 radical (unpaired) electrons. The Hall–Kier alpha value is -2.64. The van der Waals surface area contributed by atoms with Gasteiger partial charge in [-0.3, -0.25) is 19.8 Å². The molecule has 0 saturated carbocycles. The van der Waals surface area contributed by atoms with Crippen molar-refractivity contribution in [3.63, 3.8) is 0 Å². The highest BCUT2D eigenvalue weighted by molar-refractivity contribution is 8.13. The van der Waals surface area contributed by atoms with Gasteiger partial charge in [0.15, 0.2) is 5.17 Å². The molecule has 3 rings (SSSR count). The first kappa shape index (κ1) is 20.1. The van der Waals surface area contributed by atoms with Gasteiger partial charge in [-0.1, -0.05) is 41.6 Å². The van der Waals surface area contributed by atoms with Crippen molar-refractivity contribution in [1.29, 1.82) is 0 Å². The number of rotatable bonds is 4. The molecule has 0 N–H and O–H groups in total. The number of thioether (sulfide) groups is 1. The van der Waals surface area contributed by atoms with Gasteiger partial charge in [-0.15, -0.1) is 0 Å². The lowest BCUT2D eigenvalue weighted by Gasteiger charge is -2.26. The van der Waals surface area contributed by atoms with Crippen LogP contribution in [0.5, 0.6) is 0 Å². The summed E-state index contributed by atoms with van der Waals surface area (Å²) >= 11 is 7.69. The van der Waals surface area contributed by atoms with Gasteiger partial charge in [-0.25, -0.2) is 4.99 Å². The number of carbonyl (C=O) groups is 1. The Bertz CT molecular complexity index is 975. The number of halogens is 1. The number of hydrogen-bond acceptors (Lipinski definition) is 5. The topological polar surface area (TPSA) is 75.8 Å². The first-order valence-electron chi connectivity index (χ1n) is 8.66. The Balaban J connectivity index is 1.80. The molecule has 6 nitrogen and oxygen atoms in total. The molecule has 144 valence electrons. The lowest BCUT2D eigenvalue weighted by Crippen LogP contribution is -2.38. The molecule has 0 bridgehead atoms. The Morgan fingerprint density at radius 2 is 2.14 bits per heavy atom. The zero-order valence-corrected chi connectivity index (χ0v) is 16.7. The van der Waals surface area contributed by atoms with Crippen LogP contribution < -0.4 is 0 Å². The number of nitro benzene ring substituents is 1. The van der Waals surface area contributed by atoms with E-state index in [1.54, 1.807) is 29.2 Å². The third-order valence-electron chi connectivity index (χ3n) is 4.13. The monoisotopic (exact) mass is 415 g/mol. The smallest absolute Gasteiger partial charge is 0.270 e. The highest BCUT2D eigenvalue weighted by Gasteiger charge is 2.22. The zero-order chi connectivity index (χ0) is 20.1. The fourth-order valence-corrected chi connectivity index (χ4v) is 3.76. The van der Waals surface area contributed by atoms with E-state index in [9.17, 15) is 14.9 Å². The summed E-state index contributed by atoms with van der Waals surface area (Å²) in [4.78, 5) is 29.3. The molecule has 2 aromatic carbocycles. The summed E-state index contributed by atoms with van der Waals surface area (Å²) in [7, 11) is 0. The minimum atomic E-state index is -0.460. The number of nitrogens with zero attached hydrogens (tertiary/aromatic N) is 3. The standard InChI is InChI=1S/C20H18ClN3O3S/c1-14-6-8-16(13-18(14)21)22-20-23(10-3-11-28-20)19(25)9-7-15-4-2-5-17(12-15)24(26)27/h2,4-9,12-13H,3,10-11H2,1H3. The van der Waals surface area contributed by atoms with E-state index in [-0.39, 0.29) is 11.6 Å². The molecule has 8 heteroatoms. The van der Waals surface area contributed by atoms with E-state index in [1.165, 1.54) is 30.0 Å². The average Bonchev–Trinajstić information content (AvgIpc) is 2.69. The first-order valence-corrected chi connectivity index (χ1v) is 10.0. The van der Waals surface area contributed by atoms with E-state index in [1.807, 2.05) is 19.1 Å². The summed E-state index contributed by atoms with van der Waals surface area (Å²) < 4.78 is 0. The maximum absolute atomic E-state index is 12.7. The largest absolute Gasteiger partial charge is 0.288 e. The van der Waals surface area contributed by atoms with Crippen molar-refractivity contribution < 1.29 is 9.72 Å². The van der Waals surface area contributed by atoms with Crippen LogP contribution >= 0.6 is 23.4 Å². The number of aryl methyl sites for hydroxylation is 1. The molecule has 1 aliphatic heterocycles. The number of benzene rings is 2. The minimum absolute atomic E-state index is 0.0124. The third kappa shape index (κ3) is 4.99. The second-order valence-corrected chi connectivity index (χ2v) is 7.67. The van der Waals surface area contributed by atoms with E-state index in [0.29, 0.717) is 28.0 Å². The normalized spacial score (nSPS) is 15.9. The molecule has 1 aliphatic rings. The van der Waals surface area contributed by atoms with Crippen LogP contribution in [0.1, 0.15) is 17.5 Å². The summed E-state index contributed by atoms with van der Waals surface area (Å²) in [5, 5.41) is 12.1. The van der Waals surface area contributed by atoms with Crippen LogP contribution in [-0.4, -0.2) is 33.2 Å². The van der Waals surface area contributed by atoms with Crippen molar-refractivity contribution in [3.8, 4) is 0 Å². The number of nitro groups is 1.